The van der Waals surface area contributed by atoms with Crippen LogP contribution in [0.5, 0.6) is 11.5 Å². The minimum absolute atomic E-state index is 0.00133. The Labute approximate surface area is 132 Å². The molecule has 0 aromatic carbocycles. The van der Waals surface area contributed by atoms with Gasteiger partial charge in [0.2, 0.25) is 0 Å². The zero-order valence-electron chi connectivity index (χ0n) is 13.2. The van der Waals surface area contributed by atoms with Crippen molar-refractivity contribution in [2.45, 2.75) is 39.1 Å². The molecule has 2 unspecified atom stereocenters. The van der Waals surface area contributed by atoms with Crippen LogP contribution in [-0.4, -0.2) is 47.3 Å². The first-order valence-electron chi connectivity index (χ1n) is 7.56. The fourth-order valence-corrected chi connectivity index (χ4v) is 2.84. The van der Waals surface area contributed by atoms with E-state index in [4.69, 9.17) is 0 Å². The van der Waals surface area contributed by atoms with E-state index in [1.54, 1.807) is 0 Å². The summed E-state index contributed by atoms with van der Waals surface area (Å²) in [6.07, 6.45) is -2.64. The first kappa shape index (κ1) is 15.9. The molecular formula is C15H19F2N3O3. The van der Waals surface area contributed by atoms with E-state index in [0.717, 1.165) is 19.3 Å². The lowest BCUT2D eigenvalue weighted by atomic mass is 10.1. The molecule has 126 valence electrons. The standard InChI is InChI=1S/C15H19F2N3O3/c1-8(2)20-6-9(3)11(7-20)19-14(21)10-4-12-13(5-18-10)23-15(16,17)22-12/h4-5,8-9,11H,6-7H2,1-3H3,(H,19,21). The Hall–Kier alpha value is -1.96. The number of likely N-dealkylation sites (tertiary alicyclic amines) is 1. The first-order chi connectivity index (χ1) is 10.7. The minimum atomic E-state index is -3.71. The molecule has 3 rings (SSSR count). The number of halogens is 2. The van der Waals surface area contributed by atoms with Crippen LogP contribution >= 0.6 is 0 Å². The molecule has 1 aromatic heterocycles. The highest BCUT2D eigenvalue weighted by Crippen LogP contribution is 2.40. The van der Waals surface area contributed by atoms with E-state index in [2.05, 4.69) is 45.4 Å². The highest BCUT2D eigenvalue weighted by Gasteiger charge is 2.44. The second-order valence-electron chi connectivity index (χ2n) is 6.29. The van der Waals surface area contributed by atoms with Crippen molar-refractivity contribution in [1.29, 1.82) is 0 Å². The van der Waals surface area contributed by atoms with Gasteiger partial charge in [0, 0.05) is 31.2 Å². The van der Waals surface area contributed by atoms with Crippen LogP contribution in [0.2, 0.25) is 0 Å². The van der Waals surface area contributed by atoms with Gasteiger partial charge in [0.25, 0.3) is 5.91 Å². The van der Waals surface area contributed by atoms with Crippen molar-refractivity contribution in [3.63, 3.8) is 0 Å². The van der Waals surface area contributed by atoms with Crippen LogP contribution in [0.3, 0.4) is 0 Å². The predicted molar refractivity (Wildman–Crippen MR) is 77.6 cm³/mol. The lowest BCUT2D eigenvalue weighted by molar-refractivity contribution is -0.286. The van der Waals surface area contributed by atoms with Gasteiger partial charge in [-0.1, -0.05) is 6.92 Å². The number of carbonyl (C=O) groups excluding carboxylic acids is 1. The number of amides is 1. The van der Waals surface area contributed by atoms with E-state index in [1.165, 1.54) is 6.07 Å². The lowest BCUT2D eigenvalue weighted by Crippen LogP contribution is -2.40. The molecule has 0 bridgehead atoms. The van der Waals surface area contributed by atoms with E-state index >= 15 is 0 Å². The molecular weight excluding hydrogens is 308 g/mol. The van der Waals surface area contributed by atoms with Gasteiger partial charge in [-0.05, 0) is 19.8 Å². The fraction of sp³-hybridized carbons (Fsp3) is 0.600. The SMILES string of the molecule is CC1CN(C(C)C)CC1NC(=O)c1cc2c(cn1)OC(F)(F)O2. The number of rotatable bonds is 3. The monoisotopic (exact) mass is 327 g/mol. The Balaban J connectivity index is 1.68. The maximum absolute atomic E-state index is 13.0. The summed E-state index contributed by atoms with van der Waals surface area (Å²) in [5, 5.41) is 2.91. The normalized spacial score (nSPS) is 25.8. The third-order valence-corrected chi connectivity index (χ3v) is 4.21. The molecule has 3 heterocycles. The van der Waals surface area contributed by atoms with Gasteiger partial charge < -0.3 is 14.8 Å². The average Bonchev–Trinajstić information content (AvgIpc) is 2.96. The summed E-state index contributed by atoms with van der Waals surface area (Å²) in [5.41, 5.74) is 0.0280. The first-order valence-corrected chi connectivity index (χ1v) is 7.56. The summed E-state index contributed by atoms with van der Waals surface area (Å²) < 4.78 is 34.6. The molecule has 8 heteroatoms. The highest BCUT2D eigenvalue weighted by atomic mass is 19.3. The van der Waals surface area contributed by atoms with E-state index in [0.29, 0.717) is 12.0 Å². The Bertz CT molecular complexity index is 624. The molecule has 2 aliphatic rings. The summed E-state index contributed by atoms with van der Waals surface area (Å²) in [7, 11) is 0. The largest absolute Gasteiger partial charge is 0.586 e. The molecule has 0 saturated carbocycles. The Morgan fingerprint density at radius 1 is 1.39 bits per heavy atom. The van der Waals surface area contributed by atoms with E-state index in [-0.39, 0.29) is 23.2 Å². The third-order valence-electron chi connectivity index (χ3n) is 4.21. The van der Waals surface area contributed by atoms with Crippen molar-refractivity contribution in [1.82, 2.24) is 15.2 Å². The number of ether oxygens (including phenoxy) is 2. The Morgan fingerprint density at radius 3 is 2.74 bits per heavy atom. The van der Waals surface area contributed by atoms with Crippen LogP contribution < -0.4 is 14.8 Å². The number of pyridine rings is 1. The average molecular weight is 327 g/mol. The number of carbonyl (C=O) groups is 1. The molecule has 1 amide bonds. The molecule has 2 aliphatic heterocycles. The van der Waals surface area contributed by atoms with Crippen molar-refractivity contribution in [3.05, 3.63) is 18.0 Å². The van der Waals surface area contributed by atoms with Crippen molar-refractivity contribution < 1.29 is 23.0 Å². The number of alkyl halides is 2. The second-order valence-corrected chi connectivity index (χ2v) is 6.29. The Kier molecular flexibility index (Phi) is 3.87. The van der Waals surface area contributed by atoms with Crippen LogP contribution in [-0.2, 0) is 0 Å². The lowest BCUT2D eigenvalue weighted by Gasteiger charge is -2.20. The molecule has 6 nitrogen and oxygen atoms in total. The van der Waals surface area contributed by atoms with E-state index < -0.39 is 12.2 Å². The van der Waals surface area contributed by atoms with Gasteiger partial charge in [-0.25, -0.2) is 4.98 Å². The molecule has 1 N–H and O–H groups in total. The molecule has 1 fully saturated rings. The van der Waals surface area contributed by atoms with Crippen LogP contribution in [0.1, 0.15) is 31.3 Å². The topological polar surface area (TPSA) is 63.7 Å². The smallest absolute Gasteiger partial charge is 0.395 e. The molecule has 0 spiro atoms. The second kappa shape index (κ2) is 5.59. The van der Waals surface area contributed by atoms with Gasteiger partial charge in [-0.15, -0.1) is 8.78 Å². The molecule has 0 aliphatic carbocycles. The van der Waals surface area contributed by atoms with Crippen molar-refractivity contribution in [2.75, 3.05) is 13.1 Å². The predicted octanol–water partition coefficient (Wildman–Crippen LogP) is 1.86. The number of nitrogens with one attached hydrogen (secondary N) is 1. The number of hydrogen-bond acceptors (Lipinski definition) is 5. The maximum atomic E-state index is 13.0. The molecule has 23 heavy (non-hydrogen) atoms. The number of nitrogens with zero attached hydrogens (tertiary/aromatic N) is 2. The molecule has 1 aromatic rings. The quantitative estimate of drug-likeness (QED) is 0.918. The van der Waals surface area contributed by atoms with Gasteiger partial charge in [0.1, 0.15) is 5.69 Å². The van der Waals surface area contributed by atoms with Gasteiger partial charge in [0.15, 0.2) is 11.5 Å². The van der Waals surface area contributed by atoms with E-state index in [1.807, 2.05) is 0 Å². The minimum Gasteiger partial charge on any atom is -0.395 e. The Morgan fingerprint density at radius 2 is 2.09 bits per heavy atom. The van der Waals surface area contributed by atoms with Crippen LogP contribution in [0.15, 0.2) is 12.3 Å². The van der Waals surface area contributed by atoms with Crippen LogP contribution in [0.4, 0.5) is 8.78 Å². The summed E-state index contributed by atoms with van der Waals surface area (Å²) >= 11 is 0. The molecule has 1 saturated heterocycles. The molecule has 0 radical (unpaired) electrons. The van der Waals surface area contributed by atoms with Crippen molar-refractivity contribution >= 4 is 5.91 Å². The van der Waals surface area contributed by atoms with Crippen LogP contribution in [0.25, 0.3) is 0 Å². The van der Waals surface area contributed by atoms with Gasteiger partial charge >= 0.3 is 6.29 Å². The zero-order chi connectivity index (χ0) is 16.8. The summed E-state index contributed by atoms with van der Waals surface area (Å²) in [6, 6.07) is 1.58. The zero-order valence-corrected chi connectivity index (χ0v) is 13.2. The van der Waals surface area contributed by atoms with Crippen molar-refractivity contribution in [2.24, 2.45) is 5.92 Å². The van der Waals surface area contributed by atoms with Crippen LogP contribution in [0, 0.1) is 5.92 Å². The summed E-state index contributed by atoms with van der Waals surface area (Å²) in [6.45, 7) is 7.95. The van der Waals surface area contributed by atoms with E-state index in [9.17, 15) is 13.6 Å². The fourth-order valence-electron chi connectivity index (χ4n) is 2.84. The van der Waals surface area contributed by atoms with Gasteiger partial charge in [-0.3, -0.25) is 9.69 Å². The summed E-state index contributed by atoms with van der Waals surface area (Å²) in [5.74, 6) is -0.459. The summed E-state index contributed by atoms with van der Waals surface area (Å²) in [4.78, 5) is 18.5. The number of hydrogen-bond donors (Lipinski definition) is 1. The van der Waals surface area contributed by atoms with Gasteiger partial charge in [-0.2, -0.15) is 0 Å². The third kappa shape index (κ3) is 3.21. The number of fused-ring (bicyclic) bond motifs is 1. The maximum Gasteiger partial charge on any atom is 0.586 e. The number of aromatic nitrogens is 1. The molecule has 2 atom stereocenters. The van der Waals surface area contributed by atoms with Crippen molar-refractivity contribution in [3.8, 4) is 11.5 Å². The van der Waals surface area contributed by atoms with Gasteiger partial charge in [0.05, 0.1) is 6.20 Å². The highest BCUT2D eigenvalue weighted by molar-refractivity contribution is 5.93.